The second kappa shape index (κ2) is 9.39. The Morgan fingerprint density at radius 2 is 1.54 bits per heavy atom. The van der Waals surface area contributed by atoms with Crippen molar-refractivity contribution in [1.29, 1.82) is 0 Å². The molecule has 7 heteroatoms. The summed E-state index contributed by atoms with van der Waals surface area (Å²) in [6.45, 7) is 17.1. The number of hydrogen-bond acceptors (Lipinski definition) is 7. The highest BCUT2D eigenvalue weighted by molar-refractivity contribution is 5.66. The van der Waals surface area contributed by atoms with E-state index < -0.39 is 58.8 Å². The van der Waals surface area contributed by atoms with Crippen molar-refractivity contribution in [3.05, 3.63) is 0 Å². The smallest absolute Gasteiger partial charge is 0.303 e. The van der Waals surface area contributed by atoms with Crippen LogP contribution in [-0.4, -0.2) is 67.6 Å². The first-order valence-corrected chi connectivity index (χ1v) is 15.6. The predicted octanol–water partition coefficient (Wildman–Crippen LogP) is 3.53. The highest BCUT2D eigenvalue weighted by Gasteiger charge is 2.75. The first-order chi connectivity index (χ1) is 18.0. The van der Waals surface area contributed by atoms with Crippen molar-refractivity contribution >= 4 is 5.97 Å². The number of aliphatic hydroxyl groups is 5. The number of esters is 1. The molecule has 5 aliphatic rings. The summed E-state index contributed by atoms with van der Waals surface area (Å²) in [4.78, 5) is 12.5. The maximum absolute atomic E-state index is 12.5. The molecular weight excluding hydrogens is 496 g/mol. The molecule has 39 heavy (non-hydrogen) atoms. The van der Waals surface area contributed by atoms with E-state index in [0.29, 0.717) is 30.1 Å². The average molecular weight is 551 g/mol. The van der Waals surface area contributed by atoms with Crippen molar-refractivity contribution in [1.82, 2.24) is 0 Å². The third kappa shape index (κ3) is 3.88. The molecule has 0 aromatic heterocycles. The standard InChI is InChI=1S/C32H54O7/c1-15(2)17(4)29(6)14-23(29)16(3)21-9-10-22-20-12-25(36)32(38)13-19(34)11-24(35)31(32,8)26(20)27(37)28(30(21,22)7)39-18(5)33/h15-17,19-28,34-38H,9-14H2,1-8H3. The number of carbonyl (C=O) groups excluding carboxylic acids is 1. The van der Waals surface area contributed by atoms with Crippen LogP contribution in [-0.2, 0) is 9.53 Å². The summed E-state index contributed by atoms with van der Waals surface area (Å²) >= 11 is 0. The van der Waals surface area contributed by atoms with Crippen LogP contribution in [0.1, 0.15) is 93.9 Å². The van der Waals surface area contributed by atoms with Gasteiger partial charge in [-0.1, -0.05) is 48.5 Å². The van der Waals surface area contributed by atoms with Gasteiger partial charge in [0.1, 0.15) is 11.7 Å². The van der Waals surface area contributed by atoms with E-state index in [9.17, 15) is 30.3 Å². The lowest BCUT2D eigenvalue weighted by Crippen LogP contribution is -2.77. The summed E-state index contributed by atoms with van der Waals surface area (Å²) in [5, 5.41) is 57.3. The highest BCUT2D eigenvalue weighted by atomic mass is 16.6. The third-order valence-electron chi connectivity index (χ3n) is 14.0. The first kappa shape index (κ1) is 29.8. The van der Waals surface area contributed by atoms with Gasteiger partial charge >= 0.3 is 5.97 Å². The lowest BCUT2D eigenvalue weighted by molar-refractivity contribution is -0.324. The minimum Gasteiger partial charge on any atom is -0.459 e. The molecule has 5 aliphatic carbocycles. The van der Waals surface area contributed by atoms with Crippen molar-refractivity contribution in [3.63, 3.8) is 0 Å². The lowest BCUT2D eigenvalue weighted by atomic mass is 9.40. The fraction of sp³-hybridized carbons (Fsp3) is 0.969. The molecule has 0 saturated heterocycles. The molecule has 5 N–H and O–H groups in total. The molecule has 5 fully saturated rings. The Kier molecular flexibility index (Phi) is 7.16. The maximum Gasteiger partial charge on any atom is 0.303 e. The molecule has 0 aromatic carbocycles. The Hall–Kier alpha value is -0.730. The van der Waals surface area contributed by atoms with E-state index >= 15 is 0 Å². The zero-order chi connectivity index (χ0) is 29.0. The van der Waals surface area contributed by atoms with Crippen molar-refractivity contribution in [2.45, 2.75) is 130 Å². The quantitative estimate of drug-likeness (QED) is 0.331. The minimum absolute atomic E-state index is 0.0498. The summed E-state index contributed by atoms with van der Waals surface area (Å²) in [7, 11) is 0. The molecule has 224 valence electrons. The Morgan fingerprint density at radius 3 is 2.13 bits per heavy atom. The van der Waals surface area contributed by atoms with Crippen LogP contribution >= 0.6 is 0 Å². The van der Waals surface area contributed by atoms with Crippen LogP contribution in [0, 0.1) is 63.6 Å². The molecule has 0 radical (unpaired) electrons. The summed E-state index contributed by atoms with van der Waals surface area (Å²) in [5.41, 5.74) is -3.19. The largest absolute Gasteiger partial charge is 0.459 e. The molecule has 0 amide bonds. The van der Waals surface area contributed by atoms with Gasteiger partial charge in [-0.3, -0.25) is 4.79 Å². The van der Waals surface area contributed by atoms with Gasteiger partial charge < -0.3 is 30.3 Å². The molecular formula is C32H54O7. The third-order valence-corrected chi connectivity index (χ3v) is 14.0. The Bertz CT molecular complexity index is 970. The van der Waals surface area contributed by atoms with Crippen LogP contribution in [0.15, 0.2) is 0 Å². The summed E-state index contributed by atoms with van der Waals surface area (Å²) in [6.07, 6.45) is -1.63. The number of ether oxygens (including phenoxy) is 1. The molecule has 0 aromatic rings. The van der Waals surface area contributed by atoms with E-state index in [0.717, 1.165) is 12.8 Å². The van der Waals surface area contributed by atoms with Crippen LogP contribution in [0.5, 0.6) is 0 Å². The van der Waals surface area contributed by atoms with Gasteiger partial charge in [-0.05, 0) is 78.9 Å². The molecule has 0 aliphatic heterocycles. The zero-order valence-electron chi connectivity index (χ0n) is 25.3. The van der Waals surface area contributed by atoms with Gasteiger partial charge in [0.15, 0.2) is 0 Å². The van der Waals surface area contributed by atoms with Gasteiger partial charge in [0.05, 0.1) is 24.4 Å². The fourth-order valence-corrected chi connectivity index (χ4v) is 11.4. The van der Waals surface area contributed by atoms with Gasteiger partial charge in [-0.25, -0.2) is 0 Å². The van der Waals surface area contributed by atoms with E-state index in [2.05, 4.69) is 41.5 Å². The molecule has 0 heterocycles. The number of aliphatic hydroxyl groups excluding tert-OH is 4. The van der Waals surface area contributed by atoms with Crippen LogP contribution in [0.4, 0.5) is 0 Å². The van der Waals surface area contributed by atoms with E-state index in [1.54, 1.807) is 6.92 Å². The highest BCUT2D eigenvalue weighted by Crippen LogP contribution is 2.72. The summed E-state index contributed by atoms with van der Waals surface area (Å²) in [5.74, 6) is 1.35. The number of rotatable bonds is 5. The summed E-state index contributed by atoms with van der Waals surface area (Å²) < 4.78 is 6.06. The number of hydrogen-bond donors (Lipinski definition) is 5. The maximum atomic E-state index is 12.5. The van der Waals surface area contributed by atoms with Crippen molar-refractivity contribution in [2.75, 3.05) is 0 Å². The van der Waals surface area contributed by atoms with Crippen LogP contribution in [0.3, 0.4) is 0 Å². The van der Waals surface area contributed by atoms with Gasteiger partial charge in [0.25, 0.3) is 0 Å². The SMILES string of the molecule is CC(=O)OC1C(O)C2C(CC(O)C3(O)CC(O)CC(O)C23C)C2CCC(C(C)C3CC3(C)C(C)C(C)C)C21C. The molecule has 16 unspecified atom stereocenters. The monoisotopic (exact) mass is 550 g/mol. The molecule has 5 saturated carbocycles. The normalized spacial score (nSPS) is 56.3. The topological polar surface area (TPSA) is 127 Å². The molecule has 0 bridgehead atoms. The number of carbonyl (C=O) groups is 1. The fourth-order valence-electron chi connectivity index (χ4n) is 11.4. The van der Waals surface area contributed by atoms with E-state index in [-0.39, 0.29) is 36.0 Å². The Morgan fingerprint density at radius 1 is 0.897 bits per heavy atom. The van der Waals surface area contributed by atoms with Crippen molar-refractivity contribution in [2.24, 2.45) is 63.6 Å². The van der Waals surface area contributed by atoms with E-state index in [4.69, 9.17) is 4.74 Å². The molecule has 16 atom stereocenters. The van der Waals surface area contributed by atoms with Gasteiger partial charge in [0.2, 0.25) is 0 Å². The van der Waals surface area contributed by atoms with Crippen LogP contribution in [0.2, 0.25) is 0 Å². The van der Waals surface area contributed by atoms with Crippen molar-refractivity contribution in [3.8, 4) is 0 Å². The van der Waals surface area contributed by atoms with Crippen molar-refractivity contribution < 1.29 is 35.1 Å². The Labute approximate surface area is 234 Å². The minimum atomic E-state index is -1.74. The average Bonchev–Trinajstić information content (AvgIpc) is 3.40. The summed E-state index contributed by atoms with van der Waals surface area (Å²) in [6, 6.07) is 0. The van der Waals surface area contributed by atoms with Gasteiger partial charge in [-0.15, -0.1) is 0 Å². The second-order valence-corrected chi connectivity index (χ2v) is 15.6. The predicted molar refractivity (Wildman–Crippen MR) is 147 cm³/mol. The Balaban J connectivity index is 1.55. The second-order valence-electron chi connectivity index (χ2n) is 15.6. The van der Waals surface area contributed by atoms with E-state index in [1.807, 2.05) is 0 Å². The lowest BCUT2D eigenvalue weighted by Gasteiger charge is -2.68. The van der Waals surface area contributed by atoms with E-state index in [1.165, 1.54) is 13.3 Å². The van der Waals surface area contributed by atoms with Gasteiger partial charge in [0, 0.05) is 30.1 Å². The molecule has 0 spiro atoms. The molecule has 7 nitrogen and oxygen atoms in total. The zero-order valence-corrected chi connectivity index (χ0v) is 25.3. The molecule has 5 rings (SSSR count). The number of fused-ring (bicyclic) bond motifs is 5. The van der Waals surface area contributed by atoms with Crippen LogP contribution in [0.25, 0.3) is 0 Å². The van der Waals surface area contributed by atoms with Crippen LogP contribution < -0.4 is 0 Å². The van der Waals surface area contributed by atoms with Gasteiger partial charge in [-0.2, -0.15) is 0 Å². The first-order valence-electron chi connectivity index (χ1n) is 15.6.